The molecule has 1 amide bonds. The Bertz CT molecular complexity index is 1710. The van der Waals surface area contributed by atoms with Crippen LogP contribution >= 0.6 is 22.6 Å². The normalized spacial score (nSPS) is 35.1. The molecular weight excluding hydrogens is 941 g/mol. The maximum atomic E-state index is 13.2. The van der Waals surface area contributed by atoms with Crippen molar-refractivity contribution in [2.45, 2.75) is 199 Å². The Balaban J connectivity index is 1.00. The fraction of sp³-hybridized carbons (Fsp3) is 0.808. The topological polar surface area (TPSA) is 145 Å². The Labute approximate surface area is 402 Å². The highest BCUT2D eigenvalue weighted by molar-refractivity contribution is 14.1. The van der Waals surface area contributed by atoms with Gasteiger partial charge in [-0.1, -0.05) is 107 Å². The molecule has 1 heterocycles. The van der Waals surface area contributed by atoms with Crippen LogP contribution in [0.15, 0.2) is 30.3 Å². The number of hydrogen-bond acceptors (Lipinski definition) is 11. The van der Waals surface area contributed by atoms with Gasteiger partial charge in [0.25, 0.3) is 0 Å². The van der Waals surface area contributed by atoms with Gasteiger partial charge in [-0.15, -0.1) is 0 Å². The van der Waals surface area contributed by atoms with E-state index in [-0.39, 0.29) is 30.0 Å². The summed E-state index contributed by atoms with van der Waals surface area (Å²) >= 11 is 2.45. The van der Waals surface area contributed by atoms with Gasteiger partial charge in [0.2, 0.25) is 0 Å². The van der Waals surface area contributed by atoms with E-state index in [0.29, 0.717) is 17.3 Å². The van der Waals surface area contributed by atoms with Gasteiger partial charge in [-0.05, 0) is 135 Å². The zero-order valence-electron chi connectivity index (χ0n) is 40.6. The second-order valence-electron chi connectivity index (χ2n) is 21.2. The van der Waals surface area contributed by atoms with E-state index in [0.717, 1.165) is 72.7 Å². The largest absolute Gasteiger partial charge is 0.463 e. The van der Waals surface area contributed by atoms with E-state index in [9.17, 15) is 19.2 Å². The van der Waals surface area contributed by atoms with Crippen molar-refractivity contribution >= 4 is 46.6 Å². The van der Waals surface area contributed by atoms with Crippen molar-refractivity contribution in [1.29, 1.82) is 0 Å². The van der Waals surface area contributed by atoms with Gasteiger partial charge in [0.15, 0.2) is 18.5 Å². The molecule has 1 aliphatic heterocycles. The number of rotatable bonds is 20. The summed E-state index contributed by atoms with van der Waals surface area (Å²) in [6, 6.07) is 8.06. The van der Waals surface area contributed by atoms with Crippen molar-refractivity contribution < 1.29 is 52.3 Å². The monoisotopic (exact) mass is 1020 g/mol. The first-order valence-corrected chi connectivity index (χ1v) is 26.2. The molecule has 0 aromatic heterocycles. The molecule has 1 saturated heterocycles. The van der Waals surface area contributed by atoms with E-state index in [1.54, 1.807) is 0 Å². The first kappa shape index (κ1) is 51.9. The van der Waals surface area contributed by atoms with Crippen LogP contribution in [0.3, 0.4) is 0 Å². The summed E-state index contributed by atoms with van der Waals surface area (Å²) in [5.41, 5.74) is 1.72. The predicted octanol–water partition coefficient (Wildman–Crippen LogP) is 10.9. The van der Waals surface area contributed by atoms with Crippen LogP contribution in [0.4, 0.5) is 4.79 Å². The zero-order chi connectivity index (χ0) is 46.9. The number of amides is 1. The average molecular weight is 1020 g/mol. The number of alkyl halides is 1. The third kappa shape index (κ3) is 13.4. The standard InChI is InChI=1S/C52H80INO11/c1-32(2)15-14-16-33(3)41-22-23-42-40-21-20-38-29-39(24-26-51(38,7)43(40)25-27-52(41,42)8)64-45(53)19-12-13-28-59-49-46(54-50(58)61-30-37-17-10-9-11-18-37)48(63-36(6)57)47(62-35(5)56)44(65-49)31-60-34(4)55/h9-11,17-18,32-33,38-49H,12-16,19-31H2,1-8H3,(H,54,58)/t33-,38?,39+,40+,41-,42+,43+,44-,45?,46+,47-,48-,49-,51+,52-/m1/s1. The number of esters is 3. The fourth-order valence-corrected chi connectivity index (χ4v) is 14.2. The van der Waals surface area contributed by atoms with Gasteiger partial charge >= 0.3 is 24.0 Å². The number of carbonyl (C=O) groups excluding carboxylic acids is 4. The molecule has 65 heavy (non-hydrogen) atoms. The predicted molar refractivity (Wildman–Crippen MR) is 256 cm³/mol. The van der Waals surface area contributed by atoms with E-state index < -0.39 is 54.6 Å². The molecule has 4 aliphatic carbocycles. The zero-order valence-corrected chi connectivity index (χ0v) is 42.7. The first-order valence-electron chi connectivity index (χ1n) is 25.0. The minimum Gasteiger partial charge on any atom is -0.463 e. The molecule has 0 radical (unpaired) electrons. The van der Waals surface area contributed by atoms with Gasteiger partial charge < -0.3 is 38.5 Å². The molecule has 15 atom stereocenters. The summed E-state index contributed by atoms with van der Waals surface area (Å²) in [5, 5.41) is 2.74. The van der Waals surface area contributed by atoms with Crippen LogP contribution in [0.25, 0.3) is 0 Å². The highest BCUT2D eigenvalue weighted by Gasteiger charge is 2.61. The molecule has 5 aliphatic rings. The van der Waals surface area contributed by atoms with E-state index in [4.69, 9.17) is 33.2 Å². The molecule has 366 valence electrons. The molecule has 4 saturated carbocycles. The molecule has 6 rings (SSSR count). The lowest BCUT2D eigenvalue weighted by atomic mass is 9.44. The highest BCUT2D eigenvalue weighted by atomic mass is 127. The lowest BCUT2D eigenvalue weighted by Crippen LogP contribution is -2.66. The lowest BCUT2D eigenvalue weighted by Gasteiger charge is -2.61. The van der Waals surface area contributed by atoms with Crippen molar-refractivity contribution in [3.05, 3.63) is 35.9 Å². The Kier molecular flexibility index (Phi) is 18.9. The molecule has 1 aromatic carbocycles. The van der Waals surface area contributed by atoms with Crippen LogP contribution in [0.1, 0.15) is 157 Å². The SMILES string of the molecule is CC(=O)OC[C@H]1O[C@@H](OCCCCC(I)O[C@H]2CC[C@@]3(C)C(CC[C@H]4[C@@H]5CC[C@H]([C@H](C)CCCC(C)C)[C@@]5(C)CC[C@@H]43)C2)[C@@H](NC(=O)OCc2ccccc2)[C@@H](OC(C)=O)[C@@H]1OC(C)=O. The van der Waals surface area contributed by atoms with Crippen molar-refractivity contribution in [1.82, 2.24) is 5.32 Å². The van der Waals surface area contributed by atoms with E-state index in [2.05, 4.69) is 62.5 Å². The molecule has 12 nitrogen and oxygen atoms in total. The molecule has 0 bridgehead atoms. The van der Waals surface area contributed by atoms with Crippen LogP contribution in [0.5, 0.6) is 0 Å². The number of unbranched alkanes of at least 4 members (excludes halogenated alkanes) is 1. The molecule has 1 N–H and O–H groups in total. The third-order valence-corrected chi connectivity index (χ3v) is 17.4. The Morgan fingerprint density at radius 1 is 0.785 bits per heavy atom. The van der Waals surface area contributed by atoms with Gasteiger partial charge in [-0.2, -0.15) is 0 Å². The molecule has 0 spiro atoms. The summed E-state index contributed by atoms with van der Waals surface area (Å²) in [6.45, 7) is 16.3. The van der Waals surface area contributed by atoms with Gasteiger partial charge in [0, 0.05) is 27.4 Å². The molecule has 5 fully saturated rings. The van der Waals surface area contributed by atoms with E-state index in [1.165, 1.54) is 85.0 Å². The highest BCUT2D eigenvalue weighted by Crippen LogP contribution is 2.68. The molecule has 13 heteroatoms. The van der Waals surface area contributed by atoms with Gasteiger partial charge in [-0.25, -0.2) is 4.79 Å². The smallest absolute Gasteiger partial charge is 0.407 e. The third-order valence-electron chi connectivity index (χ3n) is 16.5. The van der Waals surface area contributed by atoms with Crippen molar-refractivity contribution in [3.8, 4) is 0 Å². The molecule has 1 aromatic rings. The van der Waals surface area contributed by atoms with Crippen LogP contribution in [0.2, 0.25) is 0 Å². The number of benzene rings is 1. The van der Waals surface area contributed by atoms with Gasteiger partial charge in [-0.3, -0.25) is 14.4 Å². The van der Waals surface area contributed by atoms with Crippen molar-refractivity contribution in [2.24, 2.45) is 52.3 Å². The number of ether oxygens (including phenoxy) is 7. The summed E-state index contributed by atoms with van der Waals surface area (Å²) in [5.74, 6) is 3.98. The number of halogens is 1. The van der Waals surface area contributed by atoms with Crippen LogP contribution in [-0.2, 0) is 54.1 Å². The minimum absolute atomic E-state index is 0.00745. The van der Waals surface area contributed by atoms with Gasteiger partial charge in [0.1, 0.15) is 29.5 Å². The number of alkyl carbamates (subject to hydrolysis) is 1. The molecular formula is C52H80INO11. The van der Waals surface area contributed by atoms with Crippen LogP contribution in [0, 0.1) is 52.3 Å². The van der Waals surface area contributed by atoms with E-state index in [1.807, 2.05) is 30.3 Å². The fourth-order valence-electron chi connectivity index (χ4n) is 13.3. The second-order valence-corrected chi connectivity index (χ2v) is 22.6. The Morgan fingerprint density at radius 3 is 2.20 bits per heavy atom. The lowest BCUT2D eigenvalue weighted by molar-refractivity contribution is -0.277. The number of fused-ring (bicyclic) bond motifs is 5. The first-order chi connectivity index (χ1) is 31.0. The summed E-state index contributed by atoms with van der Waals surface area (Å²) in [7, 11) is 0. The quantitative estimate of drug-likeness (QED) is 0.0438. The Hall–Kier alpha value is -2.49. The maximum absolute atomic E-state index is 13.2. The summed E-state index contributed by atoms with van der Waals surface area (Å²) in [6.07, 6.45) is 13.3. The van der Waals surface area contributed by atoms with Gasteiger partial charge in [0.05, 0.1) is 6.10 Å². The summed E-state index contributed by atoms with van der Waals surface area (Å²) in [4.78, 5) is 49.7. The minimum atomic E-state index is -1.24. The van der Waals surface area contributed by atoms with Crippen LogP contribution in [-0.4, -0.2) is 78.1 Å². The second kappa shape index (κ2) is 23.7. The maximum Gasteiger partial charge on any atom is 0.407 e. The Morgan fingerprint density at radius 2 is 1.49 bits per heavy atom. The van der Waals surface area contributed by atoms with E-state index >= 15 is 0 Å². The van der Waals surface area contributed by atoms with Crippen molar-refractivity contribution in [3.63, 3.8) is 0 Å². The number of carbonyl (C=O) groups is 4. The number of nitrogens with one attached hydrogen (secondary N) is 1. The van der Waals surface area contributed by atoms with Crippen molar-refractivity contribution in [2.75, 3.05) is 13.2 Å². The van der Waals surface area contributed by atoms with Crippen LogP contribution < -0.4 is 5.32 Å². The summed E-state index contributed by atoms with van der Waals surface area (Å²) < 4.78 is 41.4. The average Bonchev–Trinajstić information content (AvgIpc) is 3.61. The molecule has 2 unspecified atom stereocenters. The number of hydrogen-bond donors (Lipinski definition) is 1.